The highest BCUT2D eigenvalue weighted by Gasteiger charge is 2.37. The number of rotatable bonds is 2. The molecule has 0 bridgehead atoms. The maximum absolute atomic E-state index is 6.20. The number of fused-ring (bicyclic) bond motifs is 1. The summed E-state index contributed by atoms with van der Waals surface area (Å²) in [6, 6.07) is 6.03. The summed E-state index contributed by atoms with van der Waals surface area (Å²) in [5, 5.41) is 20.7. The minimum absolute atomic E-state index is 0.181. The number of aromatic nitrogens is 5. The fourth-order valence-corrected chi connectivity index (χ4v) is 4.66. The van der Waals surface area contributed by atoms with Crippen molar-refractivity contribution in [1.29, 1.82) is 0 Å². The molecule has 2 aliphatic rings. The Kier molecular flexibility index (Phi) is 4.16. The lowest BCUT2D eigenvalue weighted by atomic mass is 9.80. The molecule has 2 fully saturated rings. The smallest absolute Gasteiger partial charge is 0.189 e. The van der Waals surface area contributed by atoms with Crippen molar-refractivity contribution >= 4 is 22.5 Å². The van der Waals surface area contributed by atoms with E-state index >= 15 is 0 Å². The molecule has 0 atom stereocenters. The first kappa shape index (κ1) is 17.4. The molecule has 2 aromatic heterocycles. The van der Waals surface area contributed by atoms with Crippen LogP contribution in [-0.2, 0) is 0 Å². The topological polar surface area (TPSA) is 109 Å². The van der Waals surface area contributed by atoms with Crippen LogP contribution in [0, 0.1) is 6.92 Å². The summed E-state index contributed by atoms with van der Waals surface area (Å²) in [6.45, 7) is 4.76. The molecule has 28 heavy (non-hydrogen) atoms. The van der Waals surface area contributed by atoms with E-state index in [0.29, 0.717) is 11.6 Å². The number of H-pyrrole nitrogens is 1. The number of nitrogens with zero attached hydrogens (tertiary/aromatic N) is 5. The summed E-state index contributed by atoms with van der Waals surface area (Å²) >= 11 is 0. The molecule has 1 aliphatic carbocycles. The minimum atomic E-state index is 0.181. The van der Waals surface area contributed by atoms with Gasteiger partial charge in [0.1, 0.15) is 0 Å². The van der Waals surface area contributed by atoms with Gasteiger partial charge in [0.15, 0.2) is 17.5 Å². The van der Waals surface area contributed by atoms with Crippen molar-refractivity contribution in [3.8, 4) is 11.4 Å². The molecular formula is C20H26N8. The van der Waals surface area contributed by atoms with Gasteiger partial charge in [-0.1, -0.05) is 19.3 Å². The number of hydrogen-bond donors (Lipinski definition) is 3. The molecule has 0 unspecified atom stereocenters. The number of nitrogens with one attached hydrogen (secondary N) is 2. The van der Waals surface area contributed by atoms with E-state index in [1.54, 1.807) is 0 Å². The monoisotopic (exact) mass is 378 g/mol. The second kappa shape index (κ2) is 6.70. The van der Waals surface area contributed by atoms with Crippen LogP contribution in [0.4, 0.5) is 11.6 Å². The molecule has 1 aliphatic heterocycles. The fraction of sp³-hybridized carbons (Fsp3) is 0.500. The van der Waals surface area contributed by atoms with Gasteiger partial charge in [-0.05, 0) is 38.0 Å². The molecule has 0 radical (unpaired) electrons. The Morgan fingerprint density at radius 1 is 1.14 bits per heavy atom. The lowest BCUT2D eigenvalue weighted by Crippen LogP contribution is -2.61. The van der Waals surface area contributed by atoms with E-state index in [0.717, 1.165) is 47.6 Å². The van der Waals surface area contributed by atoms with Crippen molar-refractivity contribution in [2.75, 3.05) is 30.3 Å². The number of nitrogens with two attached hydrogens (primary N) is 1. The van der Waals surface area contributed by atoms with Gasteiger partial charge in [0.05, 0.1) is 5.52 Å². The van der Waals surface area contributed by atoms with Gasteiger partial charge < -0.3 is 16.0 Å². The number of aryl methyl sites for hydroxylation is 1. The maximum Gasteiger partial charge on any atom is 0.189 e. The number of anilines is 2. The average molecular weight is 378 g/mol. The molecule has 1 aromatic carbocycles. The Morgan fingerprint density at radius 2 is 2.00 bits per heavy atom. The van der Waals surface area contributed by atoms with Gasteiger partial charge in [0.2, 0.25) is 0 Å². The SMILES string of the molecule is Cc1[nH]nc2ccc(-c3nnc(N)c(N4CCNC5(CCCCC5)C4)n3)cc12. The average Bonchev–Trinajstić information content (AvgIpc) is 3.09. The summed E-state index contributed by atoms with van der Waals surface area (Å²) in [7, 11) is 0. The lowest BCUT2D eigenvalue weighted by molar-refractivity contribution is 0.216. The van der Waals surface area contributed by atoms with Gasteiger partial charge in [-0.2, -0.15) is 5.10 Å². The Morgan fingerprint density at radius 3 is 2.86 bits per heavy atom. The zero-order valence-electron chi connectivity index (χ0n) is 16.2. The van der Waals surface area contributed by atoms with Crippen molar-refractivity contribution in [2.24, 2.45) is 0 Å². The van der Waals surface area contributed by atoms with E-state index < -0.39 is 0 Å². The van der Waals surface area contributed by atoms with E-state index in [2.05, 4.69) is 36.7 Å². The van der Waals surface area contributed by atoms with Crippen LogP contribution in [0.25, 0.3) is 22.3 Å². The number of benzene rings is 1. The first-order valence-corrected chi connectivity index (χ1v) is 10.1. The predicted molar refractivity (Wildman–Crippen MR) is 110 cm³/mol. The van der Waals surface area contributed by atoms with Gasteiger partial charge >= 0.3 is 0 Å². The largest absolute Gasteiger partial charge is 0.379 e. The minimum Gasteiger partial charge on any atom is -0.379 e. The number of hydrogen-bond acceptors (Lipinski definition) is 7. The maximum atomic E-state index is 6.20. The molecule has 0 amide bonds. The Hall–Kier alpha value is -2.74. The van der Waals surface area contributed by atoms with Crippen molar-refractivity contribution in [3.63, 3.8) is 0 Å². The third-order valence-electron chi connectivity index (χ3n) is 6.18. The third kappa shape index (κ3) is 2.97. The summed E-state index contributed by atoms with van der Waals surface area (Å²) in [5.74, 6) is 1.75. The molecular weight excluding hydrogens is 352 g/mol. The van der Waals surface area contributed by atoms with Crippen LogP contribution in [0.15, 0.2) is 18.2 Å². The van der Waals surface area contributed by atoms with Gasteiger partial charge in [0.25, 0.3) is 0 Å². The van der Waals surface area contributed by atoms with Gasteiger partial charge in [-0.3, -0.25) is 5.10 Å². The van der Waals surface area contributed by atoms with Gasteiger partial charge in [-0.25, -0.2) is 4.98 Å². The zero-order valence-corrected chi connectivity index (χ0v) is 16.2. The molecule has 1 spiro atoms. The van der Waals surface area contributed by atoms with Crippen molar-refractivity contribution in [1.82, 2.24) is 30.7 Å². The van der Waals surface area contributed by atoms with E-state index in [-0.39, 0.29) is 5.54 Å². The van der Waals surface area contributed by atoms with E-state index in [1.165, 1.54) is 32.1 Å². The third-order valence-corrected chi connectivity index (χ3v) is 6.18. The molecule has 8 heteroatoms. The van der Waals surface area contributed by atoms with Crippen LogP contribution in [0.2, 0.25) is 0 Å². The predicted octanol–water partition coefficient (Wildman–Crippen LogP) is 2.42. The molecule has 3 heterocycles. The van der Waals surface area contributed by atoms with E-state index in [1.807, 2.05) is 19.1 Å². The number of piperazine rings is 1. The van der Waals surface area contributed by atoms with Crippen molar-refractivity contribution in [2.45, 2.75) is 44.6 Å². The normalized spacial score (nSPS) is 19.4. The molecule has 1 saturated carbocycles. The number of nitrogen functional groups attached to an aromatic ring is 1. The van der Waals surface area contributed by atoms with Crippen LogP contribution < -0.4 is 16.0 Å². The Balaban J connectivity index is 1.49. The highest BCUT2D eigenvalue weighted by Crippen LogP contribution is 2.33. The first-order valence-electron chi connectivity index (χ1n) is 10.1. The molecule has 5 rings (SSSR count). The zero-order chi connectivity index (χ0) is 19.1. The fourth-order valence-electron chi connectivity index (χ4n) is 4.66. The van der Waals surface area contributed by atoms with Crippen molar-refractivity contribution < 1.29 is 0 Å². The Labute approximate surface area is 163 Å². The van der Waals surface area contributed by atoms with Crippen LogP contribution in [0.5, 0.6) is 0 Å². The highest BCUT2D eigenvalue weighted by molar-refractivity contribution is 5.85. The number of aromatic amines is 1. The molecule has 4 N–H and O–H groups in total. The van der Waals surface area contributed by atoms with Crippen LogP contribution in [0.1, 0.15) is 37.8 Å². The van der Waals surface area contributed by atoms with Gasteiger partial charge in [-0.15, -0.1) is 10.2 Å². The summed E-state index contributed by atoms with van der Waals surface area (Å²) in [6.07, 6.45) is 6.33. The van der Waals surface area contributed by atoms with Crippen LogP contribution in [0.3, 0.4) is 0 Å². The van der Waals surface area contributed by atoms with Crippen LogP contribution >= 0.6 is 0 Å². The van der Waals surface area contributed by atoms with E-state index in [9.17, 15) is 0 Å². The Bertz CT molecular complexity index is 999. The van der Waals surface area contributed by atoms with E-state index in [4.69, 9.17) is 10.7 Å². The molecule has 146 valence electrons. The summed E-state index contributed by atoms with van der Waals surface area (Å²) < 4.78 is 0. The van der Waals surface area contributed by atoms with Crippen molar-refractivity contribution in [3.05, 3.63) is 23.9 Å². The molecule has 8 nitrogen and oxygen atoms in total. The molecule has 1 saturated heterocycles. The quantitative estimate of drug-likeness (QED) is 0.628. The summed E-state index contributed by atoms with van der Waals surface area (Å²) in [4.78, 5) is 7.12. The summed E-state index contributed by atoms with van der Waals surface area (Å²) in [5.41, 5.74) is 9.27. The second-order valence-electron chi connectivity index (χ2n) is 8.11. The first-order chi connectivity index (χ1) is 13.6. The van der Waals surface area contributed by atoms with Crippen LogP contribution in [-0.4, -0.2) is 50.6 Å². The highest BCUT2D eigenvalue weighted by atomic mass is 15.3. The van der Waals surface area contributed by atoms with Gasteiger partial charge in [0, 0.05) is 41.8 Å². The lowest BCUT2D eigenvalue weighted by Gasteiger charge is -2.46. The molecule has 3 aromatic rings. The standard InChI is InChI=1S/C20H26N8/c1-13-15-11-14(5-6-16(15)25-24-13)18-23-19(17(21)26-27-18)28-10-9-22-20(12-28)7-3-2-4-8-20/h5-6,11,22H,2-4,7-10,12H2,1H3,(H2,21,26)(H,24,25). The second-order valence-corrected chi connectivity index (χ2v) is 8.11.